The Labute approximate surface area is 195 Å². The summed E-state index contributed by atoms with van der Waals surface area (Å²) in [7, 11) is 1.41. The molecule has 0 saturated carbocycles. The molecule has 2 aromatic heterocycles. The summed E-state index contributed by atoms with van der Waals surface area (Å²) in [4.78, 5) is 24.1. The molecule has 7 nitrogen and oxygen atoms in total. The molecule has 2 aliphatic heterocycles. The molecule has 8 heteroatoms. The summed E-state index contributed by atoms with van der Waals surface area (Å²) in [6.45, 7) is 4.38. The maximum Gasteiger partial charge on any atom is 0.337 e. The van der Waals surface area contributed by atoms with Crippen molar-refractivity contribution in [2.45, 2.75) is 44.4 Å². The molecule has 1 atom stereocenters. The highest BCUT2D eigenvalue weighted by molar-refractivity contribution is 9.10. The van der Waals surface area contributed by atoms with E-state index in [1.807, 2.05) is 18.2 Å². The van der Waals surface area contributed by atoms with Crippen molar-refractivity contribution in [2.75, 3.05) is 26.8 Å². The topological polar surface area (TPSA) is 69.5 Å². The number of ether oxygens (including phenoxy) is 2. The molecular weight excluding hydrogens is 472 g/mol. The maximum absolute atomic E-state index is 12.1. The van der Waals surface area contributed by atoms with Gasteiger partial charge in [0.05, 0.1) is 42.9 Å². The lowest BCUT2D eigenvalue weighted by atomic mass is 9.93. The Kier molecular flexibility index (Phi) is 6.26. The molecule has 0 aliphatic carbocycles. The van der Waals surface area contributed by atoms with Crippen LogP contribution in [0.5, 0.6) is 0 Å². The summed E-state index contributed by atoms with van der Waals surface area (Å²) in [5.41, 5.74) is 3.58. The van der Waals surface area contributed by atoms with Gasteiger partial charge in [0.25, 0.3) is 0 Å². The molecule has 0 amide bonds. The van der Waals surface area contributed by atoms with E-state index in [2.05, 4.69) is 42.5 Å². The molecule has 0 radical (unpaired) electrons. The van der Waals surface area contributed by atoms with E-state index < -0.39 is 0 Å². The van der Waals surface area contributed by atoms with E-state index in [1.165, 1.54) is 12.8 Å². The summed E-state index contributed by atoms with van der Waals surface area (Å²) < 4.78 is 13.7. The van der Waals surface area contributed by atoms with Gasteiger partial charge in [-0.05, 0) is 78.6 Å². The number of pyridine rings is 1. The van der Waals surface area contributed by atoms with Crippen molar-refractivity contribution in [3.05, 3.63) is 58.1 Å². The summed E-state index contributed by atoms with van der Waals surface area (Å²) in [6.07, 6.45) is 3.44. The lowest BCUT2D eigenvalue weighted by Gasteiger charge is -2.32. The third kappa shape index (κ3) is 4.44. The van der Waals surface area contributed by atoms with Gasteiger partial charge in [0.2, 0.25) is 0 Å². The summed E-state index contributed by atoms with van der Waals surface area (Å²) >= 11 is 3.49. The molecule has 3 aromatic rings. The van der Waals surface area contributed by atoms with Crippen LogP contribution in [0, 0.1) is 0 Å². The van der Waals surface area contributed by atoms with Crippen LogP contribution >= 0.6 is 15.9 Å². The van der Waals surface area contributed by atoms with E-state index in [1.54, 1.807) is 6.07 Å². The van der Waals surface area contributed by atoms with E-state index in [9.17, 15) is 4.79 Å². The van der Waals surface area contributed by atoms with Crippen LogP contribution in [0.2, 0.25) is 0 Å². The van der Waals surface area contributed by atoms with Gasteiger partial charge >= 0.3 is 5.97 Å². The SMILES string of the molecule is COC(=O)c1ccc2nc(CN3CCC(c4cccc(Br)n4)CC3)n(C[C@@H]3CCO3)c2c1. The first-order valence-corrected chi connectivity index (χ1v) is 11.9. The van der Waals surface area contributed by atoms with Crippen molar-refractivity contribution in [3.8, 4) is 0 Å². The Hall–Kier alpha value is -2.29. The summed E-state index contributed by atoms with van der Waals surface area (Å²) in [5.74, 6) is 1.19. The Morgan fingerprint density at radius 2 is 2.00 bits per heavy atom. The smallest absolute Gasteiger partial charge is 0.337 e. The van der Waals surface area contributed by atoms with Crippen molar-refractivity contribution in [1.82, 2.24) is 19.4 Å². The van der Waals surface area contributed by atoms with E-state index in [4.69, 9.17) is 14.5 Å². The summed E-state index contributed by atoms with van der Waals surface area (Å²) in [6, 6.07) is 11.7. The number of hydrogen-bond acceptors (Lipinski definition) is 6. The highest BCUT2D eigenvalue weighted by Gasteiger charge is 2.26. The van der Waals surface area contributed by atoms with Crippen LogP contribution in [0.4, 0.5) is 0 Å². The number of hydrogen-bond donors (Lipinski definition) is 0. The molecule has 168 valence electrons. The molecule has 5 rings (SSSR count). The number of likely N-dealkylation sites (tertiary alicyclic amines) is 1. The van der Waals surface area contributed by atoms with Gasteiger partial charge in [0, 0.05) is 18.2 Å². The molecule has 4 heterocycles. The zero-order valence-corrected chi connectivity index (χ0v) is 19.8. The van der Waals surface area contributed by atoms with E-state index >= 15 is 0 Å². The van der Waals surface area contributed by atoms with Crippen molar-refractivity contribution in [1.29, 1.82) is 0 Å². The minimum Gasteiger partial charge on any atom is -0.465 e. The van der Waals surface area contributed by atoms with Gasteiger partial charge in [-0.1, -0.05) is 6.07 Å². The standard InChI is InChI=1S/C24H27BrN4O3/c1-31-24(30)17-5-6-20-21(13-17)29(14-18-9-12-32-18)23(27-20)15-28-10-7-16(8-11-28)19-3-2-4-22(25)26-19/h2-6,13,16,18H,7-12,14-15H2,1H3/t18-/m0/s1. The fraction of sp³-hybridized carbons (Fsp3) is 0.458. The lowest BCUT2D eigenvalue weighted by molar-refractivity contribution is -0.0592. The second-order valence-corrected chi connectivity index (χ2v) is 9.36. The van der Waals surface area contributed by atoms with Crippen LogP contribution in [0.15, 0.2) is 41.0 Å². The quantitative estimate of drug-likeness (QED) is 0.375. The molecule has 2 fully saturated rings. The van der Waals surface area contributed by atoms with Crippen LogP contribution in [0.1, 0.15) is 47.1 Å². The number of esters is 1. The van der Waals surface area contributed by atoms with Gasteiger partial charge in [-0.3, -0.25) is 4.90 Å². The van der Waals surface area contributed by atoms with Gasteiger partial charge in [0.15, 0.2) is 0 Å². The van der Waals surface area contributed by atoms with E-state index in [-0.39, 0.29) is 12.1 Å². The second kappa shape index (κ2) is 9.29. The molecule has 1 aromatic carbocycles. The zero-order chi connectivity index (χ0) is 22.1. The average molecular weight is 499 g/mol. The third-order valence-electron chi connectivity index (χ3n) is 6.54. The number of benzene rings is 1. The highest BCUT2D eigenvalue weighted by atomic mass is 79.9. The van der Waals surface area contributed by atoms with Crippen LogP contribution in [0.25, 0.3) is 11.0 Å². The predicted octanol–water partition coefficient (Wildman–Crippen LogP) is 4.15. The summed E-state index contributed by atoms with van der Waals surface area (Å²) in [5, 5.41) is 0. The Morgan fingerprint density at radius 1 is 1.19 bits per heavy atom. The van der Waals surface area contributed by atoms with Crippen LogP contribution in [-0.2, 0) is 22.6 Å². The van der Waals surface area contributed by atoms with Crippen molar-refractivity contribution >= 4 is 32.9 Å². The zero-order valence-electron chi connectivity index (χ0n) is 18.2. The number of piperidine rings is 1. The van der Waals surface area contributed by atoms with Gasteiger partial charge in [-0.2, -0.15) is 0 Å². The Bertz CT molecular complexity index is 1120. The van der Waals surface area contributed by atoms with E-state index in [0.29, 0.717) is 11.5 Å². The maximum atomic E-state index is 12.1. The lowest BCUT2D eigenvalue weighted by Crippen LogP contribution is -2.35. The first-order valence-electron chi connectivity index (χ1n) is 11.1. The number of imidazole rings is 1. The van der Waals surface area contributed by atoms with Gasteiger partial charge in [-0.25, -0.2) is 14.8 Å². The highest BCUT2D eigenvalue weighted by Crippen LogP contribution is 2.29. The van der Waals surface area contributed by atoms with Crippen molar-refractivity contribution < 1.29 is 14.3 Å². The number of nitrogens with zero attached hydrogens (tertiary/aromatic N) is 4. The minimum atomic E-state index is -0.329. The van der Waals surface area contributed by atoms with Crippen LogP contribution in [0.3, 0.4) is 0 Å². The van der Waals surface area contributed by atoms with Crippen molar-refractivity contribution in [3.63, 3.8) is 0 Å². The van der Waals surface area contributed by atoms with Gasteiger partial charge < -0.3 is 14.0 Å². The first kappa shape index (κ1) is 21.6. The van der Waals surface area contributed by atoms with Gasteiger partial charge in [0.1, 0.15) is 10.4 Å². The number of halogens is 1. The van der Waals surface area contributed by atoms with Gasteiger partial charge in [-0.15, -0.1) is 0 Å². The number of rotatable bonds is 6. The number of fused-ring (bicyclic) bond motifs is 1. The molecule has 0 bridgehead atoms. The normalized spacial score (nSPS) is 19.8. The molecule has 2 aliphatic rings. The monoisotopic (exact) mass is 498 g/mol. The molecule has 2 saturated heterocycles. The number of carbonyl (C=O) groups excluding carboxylic acids is 1. The Morgan fingerprint density at radius 3 is 2.69 bits per heavy atom. The Balaban J connectivity index is 1.35. The fourth-order valence-electron chi connectivity index (χ4n) is 4.61. The van der Waals surface area contributed by atoms with Crippen molar-refractivity contribution in [2.24, 2.45) is 0 Å². The average Bonchev–Trinajstić information content (AvgIpc) is 3.12. The third-order valence-corrected chi connectivity index (χ3v) is 6.98. The first-order chi connectivity index (χ1) is 15.6. The van der Waals surface area contributed by atoms with Crippen LogP contribution in [-0.4, -0.2) is 58.3 Å². The number of carbonyl (C=O) groups is 1. The molecule has 0 unspecified atom stereocenters. The predicted molar refractivity (Wildman–Crippen MR) is 125 cm³/mol. The molecule has 32 heavy (non-hydrogen) atoms. The number of methoxy groups -OCH3 is 1. The number of aromatic nitrogens is 3. The molecule has 0 spiro atoms. The fourth-order valence-corrected chi connectivity index (χ4v) is 4.97. The minimum absolute atomic E-state index is 0.210. The molecule has 0 N–H and O–H groups in total. The van der Waals surface area contributed by atoms with Crippen LogP contribution < -0.4 is 0 Å². The largest absolute Gasteiger partial charge is 0.465 e. The second-order valence-electron chi connectivity index (χ2n) is 8.55. The van der Waals surface area contributed by atoms with E-state index in [0.717, 1.165) is 73.5 Å². The molecular formula is C24H27BrN4O3.